The summed E-state index contributed by atoms with van der Waals surface area (Å²) in [5.74, 6) is -0.399. The third-order valence-corrected chi connectivity index (χ3v) is 3.84. The third-order valence-electron chi connectivity index (χ3n) is 3.64. The van der Waals surface area contributed by atoms with Crippen LogP contribution in [-0.2, 0) is 12.8 Å². The van der Waals surface area contributed by atoms with Crippen molar-refractivity contribution in [1.82, 2.24) is 0 Å². The van der Waals surface area contributed by atoms with Gasteiger partial charge in [-0.1, -0.05) is 24.4 Å². The molecule has 0 atom stereocenters. The van der Waals surface area contributed by atoms with Crippen LogP contribution in [0, 0.1) is 5.82 Å². The molecule has 0 heterocycles. The van der Waals surface area contributed by atoms with Gasteiger partial charge in [0.1, 0.15) is 10.8 Å². The molecule has 0 unspecified atom stereocenters. The highest BCUT2D eigenvalue weighted by atomic mass is 32.1. The molecule has 0 fully saturated rings. The summed E-state index contributed by atoms with van der Waals surface area (Å²) in [6, 6.07) is 11.1. The Morgan fingerprint density at radius 3 is 2.75 bits per heavy atom. The van der Waals surface area contributed by atoms with E-state index < -0.39 is 5.82 Å². The van der Waals surface area contributed by atoms with Crippen LogP contribution in [0.15, 0.2) is 36.4 Å². The van der Waals surface area contributed by atoms with Gasteiger partial charge in [-0.25, -0.2) is 4.39 Å². The lowest BCUT2D eigenvalue weighted by Gasteiger charge is -2.13. The number of hydrogen-bond donors (Lipinski definition) is 2. The van der Waals surface area contributed by atoms with Gasteiger partial charge in [-0.05, 0) is 54.7 Å². The van der Waals surface area contributed by atoms with E-state index in [9.17, 15) is 4.39 Å². The van der Waals surface area contributed by atoms with E-state index in [0.717, 1.165) is 18.5 Å². The number of halogens is 1. The minimum atomic E-state index is -0.399. The van der Waals surface area contributed by atoms with E-state index in [0.29, 0.717) is 5.69 Å². The summed E-state index contributed by atoms with van der Waals surface area (Å²) in [5.41, 5.74) is 10.2. The zero-order valence-corrected chi connectivity index (χ0v) is 11.8. The summed E-state index contributed by atoms with van der Waals surface area (Å²) in [4.78, 5) is 0.0618. The smallest absolute Gasteiger partial charge is 0.135 e. The van der Waals surface area contributed by atoms with Crippen LogP contribution >= 0.6 is 12.2 Å². The topological polar surface area (TPSA) is 38.0 Å². The lowest BCUT2D eigenvalue weighted by Crippen LogP contribution is -2.14. The van der Waals surface area contributed by atoms with Crippen molar-refractivity contribution < 1.29 is 4.39 Å². The maximum Gasteiger partial charge on any atom is 0.135 e. The van der Waals surface area contributed by atoms with E-state index in [-0.39, 0.29) is 10.6 Å². The van der Waals surface area contributed by atoms with E-state index in [1.54, 1.807) is 12.1 Å². The number of nitrogens with two attached hydrogens (primary N) is 1. The van der Waals surface area contributed by atoms with Crippen molar-refractivity contribution in [3.63, 3.8) is 0 Å². The van der Waals surface area contributed by atoms with Crippen LogP contribution in [0.25, 0.3) is 0 Å². The molecular formula is C16H15FN2S. The molecular weight excluding hydrogens is 271 g/mol. The summed E-state index contributed by atoms with van der Waals surface area (Å²) < 4.78 is 13.8. The Labute approximate surface area is 122 Å². The van der Waals surface area contributed by atoms with Crippen LogP contribution in [0.1, 0.15) is 23.1 Å². The zero-order valence-electron chi connectivity index (χ0n) is 10.9. The fourth-order valence-corrected chi connectivity index (χ4v) is 2.89. The molecule has 2 nitrogen and oxygen atoms in total. The molecule has 20 heavy (non-hydrogen) atoms. The Balaban J connectivity index is 1.95. The number of fused-ring (bicyclic) bond motifs is 1. The fraction of sp³-hybridized carbons (Fsp3) is 0.188. The van der Waals surface area contributed by atoms with Gasteiger partial charge in [0.15, 0.2) is 0 Å². The van der Waals surface area contributed by atoms with Crippen molar-refractivity contribution in [2.75, 3.05) is 5.32 Å². The third kappa shape index (κ3) is 2.39. The lowest BCUT2D eigenvalue weighted by molar-refractivity contribution is 0.626. The second-order valence-corrected chi connectivity index (χ2v) is 5.43. The Morgan fingerprint density at radius 1 is 1.15 bits per heavy atom. The summed E-state index contributed by atoms with van der Waals surface area (Å²) in [7, 11) is 0. The van der Waals surface area contributed by atoms with E-state index in [1.807, 2.05) is 6.07 Å². The highest BCUT2D eigenvalue weighted by molar-refractivity contribution is 7.80. The molecule has 1 aliphatic rings. The molecule has 0 spiro atoms. The Hall–Kier alpha value is -1.94. The van der Waals surface area contributed by atoms with Crippen LogP contribution in [0.3, 0.4) is 0 Å². The Bertz CT molecular complexity index is 682. The van der Waals surface area contributed by atoms with E-state index in [1.165, 1.54) is 23.6 Å². The minimum absolute atomic E-state index is 0.0618. The highest BCUT2D eigenvalue weighted by Crippen LogP contribution is 2.28. The molecule has 2 aromatic rings. The average molecular weight is 286 g/mol. The second kappa shape index (κ2) is 5.21. The van der Waals surface area contributed by atoms with Gasteiger partial charge in [0.25, 0.3) is 0 Å². The molecule has 4 heteroatoms. The van der Waals surface area contributed by atoms with E-state index in [2.05, 4.69) is 17.4 Å². The number of aryl methyl sites for hydroxylation is 2. The summed E-state index contributed by atoms with van der Waals surface area (Å²) in [6.07, 6.45) is 3.46. The predicted molar refractivity (Wildman–Crippen MR) is 84.0 cm³/mol. The molecule has 0 aliphatic heterocycles. The number of anilines is 2. The number of rotatable bonds is 3. The van der Waals surface area contributed by atoms with Gasteiger partial charge in [0.2, 0.25) is 0 Å². The molecule has 0 amide bonds. The van der Waals surface area contributed by atoms with Crippen LogP contribution in [0.5, 0.6) is 0 Å². The number of thiocarbonyl (C=S) groups is 1. The first kappa shape index (κ1) is 13.1. The van der Waals surface area contributed by atoms with Crippen LogP contribution in [-0.4, -0.2) is 4.99 Å². The minimum Gasteiger partial charge on any atom is -0.389 e. The Kier molecular flexibility index (Phi) is 3.40. The van der Waals surface area contributed by atoms with Crippen molar-refractivity contribution in [1.29, 1.82) is 0 Å². The van der Waals surface area contributed by atoms with Gasteiger partial charge < -0.3 is 11.1 Å². The zero-order chi connectivity index (χ0) is 14.1. The molecule has 3 N–H and O–H groups in total. The van der Waals surface area contributed by atoms with Crippen molar-refractivity contribution >= 4 is 28.6 Å². The van der Waals surface area contributed by atoms with Gasteiger partial charge >= 0.3 is 0 Å². The first-order valence-corrected chi connectivity index (χ1v) is 7.03. The highest BCUT2D eigenvalue weighted by Gasteiger charge is 2.13. The largest absolute Gasteiger partial charge is 0.389 e. The average Bonchev–Trinajstić information content (AvgIpc) is 2.85. The molecule has 3 rings (SSSR count). The molecule has 1 aliphatic carbocycles. The summed E-state index contributed by atoms with van der Waals surface area (Å²) >= 11 is 4.93. The monoisotopic (exact) mass is 286 g/mol. The standard InChI is InChI=1S/C16H15FN2S/c17-13-5-2-6-14(15(13)16(18)20)19-12-8-7-10-3-1-4-11(10)9-12/h2,5-9,19H,1,3-4H2,(H2,18,20). The van der Waals surface area contributed by atoms with Crippen molar-refractivity contribution in [3.05, 3.63) is 58.9 Å². The lowest BCUT2D eigenvalue weighted by atomic mass is 10.1. The van der Waals surface area contributed by atoms with Crippen LogP contribution < -0.4 is 11.1 Å². The maximum absolute atomic E-state index is 13.8. The SMILES string of the molecule is NC(=S)c1c(F)cccc1Nc1ccc2c(c1)CCC2. The van der Waals surface area contributed by atoms with Gasteiger partial charge in [-0.3, -0.25) is 0 Å². The second-order valence-electron chi connectivity index (χ2n) is 4.99. The fourth-order valence-electron chi connectivity index (χ4n) is 2.68. The maximum atomic E-state index is 13.8. The predicted octanol–water partition coefficient (Wildman–Crippen LogP) is 3.69. The molecule has 0 aromatic heterocycles. The van der Waals surface area contributed by atoms with Gasteiger partial charge in [-0.2, -0.15) is 0 Å². The van der Waals surface area contributed by atoms with Gasteiger partial charge in [0.05, 0.1) is 11.3 Å². The number of hydrogen-bond acceptors (Lipinski definition) is 2. The van der Waals surface area contributed by atoms with Crippen molar-refractivity contribution in [2.45, 2.75) is 19.3 Å². The first-order valence-electron chi connectivity index (χ1n) is 6.62. The van der Waals surface area contributed by atoms with Crippen molar-refractivity contribution in [2.24, 2.45) is 5.73 Å². The molecule has 0 bridgehead atoms. The molecule has 0 saturated carbocycles. The normalized spacial score (nSPS) is 13.1. The van der Waals surface area contributed by atoms with Gasteiger partial charge in [0, 0.05) is 5.69 Å². The molecule has 2 aromatic carbocycles. The summed E-state index contributed by atoms with van der Waals surface area (Å²) in [5, 5.41) is 3.22. The van der Waals surface area contributed by atoms with Gasteiger partial charge in [-0.15, -0.1) is 0 Å². The number of nitrogens with one attached hydrogen (secondary N) is 1. The quantitative estimate of drug-likeness (QED) is 0.845. The molecule has 0 radical (unpaired) electrons. The van der Waals surface area contributed by atoms with Crippen LogP contribution in [0.2, 0.25) is 0 Å². The van der Waals surface area contributed by atoms with Crippen molar-refractivity contribution in [3.8, 4) is 0 Å². The Morgan fingerprint density at radius 2 is 1.95 bits per heavy atom. The first-order chi connectivity index (χ1) is 9.65. The summed E-state index contributed by atoms with van der Waals surface area (Å²) in [6.45, 7) is 0. The molecule has 0 saturated heterocycles. The number of benzene rings is 2. The molecule has 102 valence electrons. The van der Waals surface area contributed by atoms with E-state index >= 15 is 0 Å². The van der Waals surface area contributed by atoms with Crippen LogP contribution in [0.4, 0.5) is 15.8 Å². The van der Waals surface area contributed by atoms with E-state index in [4.69, 9.17) is 18.0 Å².